The van der Waals surface area contributed by atoms with Crippen LogP contribution in [0.15, 0.2) is 12.1 Å². The van der Waals surface area contributed by atoms with E-state index in [0.29, 0.717) is 6.54 Å². The van der Waals surface area contributed by atoms with Crippen molar-refractivity contribution in [1.82, 2.24) is 0 Å². The Morgan fingerprint density at radius 1 is 1.40 bits per heavy atom. The van der Waals surface area contributed by atoms with Crippen LogP contribution in [-0.4, -0.2) is 12.5 Å². The van der Waals surface area contributed by atoms with E-state index in [0.717, 1.165) is 16.8 Å². The molecule has 0 aromatic heterocycles. The van der Waals surface area contributed by atoms with Gasteiger partial charge in [0.15, 0.2) is 0 Å². The molecule has 1 aromatic carbocycles. The van der Waals surface area contributed by atoms with E-state index in [4.69, 9.17) is 5.73 Å². The number of nitrogens with two attached hydrogens (primary N) is 1. The highest BCUT2D eigenvalue weighted by Crippen LogP contribution is 2.37. The van der Waals surface area contributed by atoms with E-state index in [-0.39, 0.29) is 5.91 Å². The standard InChI is InChI=1S/C12H16N2O/c1-4-14-9-6-7(2)5-8(3)10(9)11(13)12(14)15/h5-6,11H,4,13H2,1-3H3. The van der Waals surface area contributed by atoms with E-state index in [1.165, 1.54) is 5.56 Å². The molecule has 1 aliphatic heterocycles. The van der Waals surface area contributed by atoms with Crippen molar-refractivity contribution in [3.8, 4) is 0 Å². The van der Waals surface area contributed by atoms with Crippen LogP contribution in [0.25, 0.3) is 0 Å². The Bertz CT molecular complexity index is 426. The van der Waals surface area contributed by atoms with E-state index < -0.39 is 6.04 Å². The SMILES string of the molecule is CCN1C(=O)C(N)c2c(C)cc(C)cc21. The Labute approximate surface area is 89.9 Å². The number of aryl methyl sites for hydroxylation is 2. The van der Waals surface area contributed by atoms with Crippen LogP contribution in [0, 0.1) is 13.8 Å². The molecule has 1 atom stereocenters. The molecule has 1 amide bonds. The molecule has 0 radical (unpaired) electrons. The lowest BCUT2D eigenvalue weighted by Crippen LogP contribution is -2.31. The number of fused-ring (bicyclic) bond motifs is 1. The van der Waals surface area contributed by atoms with E-state index in [9.17, 15) is 4.79 Å². The zero-order valence-corrected chi connectivity index (χ0v) is 9.37. The number of anilines is 1. The number of nitrogens with zero attached hydrogens (tertiary/aromatic N) is 1. The largest absolute Gasteiger partial charge is 0.316 e. The Morgan fingerprint density at radius 3 is 2.67 bits per heavy atom. The Kier molecular flexibility index (Phi) is 2.27. The first-order chi connectivity index (χ1) is 7.06. The van der Waals surface area contributed by atoms with Gasteiger partial charge in [-0.05, 0) is 38.0 Å². The first kappa shape index (κ1) is 10.2. The van der Waals surface area contributed by atoms with Gasteiger partial charge in [-0.1, -0.05) is 6.07 Å². The monoisotopic (exact) mass is 204 g/mol. The summed E-state index contributed by atoms with van der Waals surface area (Å²) in [6.45, 7) is 6.70. The minimum Gasteiger partial charge on any atom is -0.316 e. The number of carbonyl (C=O) groups excluding carboxylic acids is 1. The average molecular weight is 204 g/mol. The molecule has 3 heteroatoms. The molecule has 2 N–H and O–H groups in total. The number of likely N-dealkylation sites (N-methyl/N-ethyl adjacent to an activating group) is 1. The third-order valence-corrected chi connectivity index (χ3v) is 2.96. The summed E-state index contributed by atoms with van der Waals surface area (Å²) in [6, 6.07) is 3.64. The number of carbonyl (C=O) groups is 1. The normalized spacial score (nSPS) is 19.6. The minimum absolute atomic E-state index is 0.0150. The summed E-state index contributed by atoms with van der Waals surface area (Å²) in [5.41, 5.74) is 10.2. The third-order valence-electron chi connectivity index (χ3n) is 2.96. The van der Waals surface area contributed by atoms with Crippen molar-refractivity contribution in [2.24, 2.45) is 5.73 Å². The fourth-order valence-electron chi connectivity index (χ4n) is 2.32. The predicted molar refractivity (Wildman–Crippen MR) is 60.9 cm³/mol. The summed E-state index contributed by atoms with van der Waals surface area (Å²) in [5.74, 6) is 0.0150. The quantitative estimate of drug-likeness (QED) is 0.756. The van der Waals surface area contributed by atoms with Gasteiger partial charge in [0.25, 0.3) is 0 Å². The van der Waals surface area contributed by atoms with Crippen LogP contribution in [0.5, 0.6) is 0 Å². The van der Waals surface area contributed by atoms with Gasteiger partial charge >= 0.3 is 0 Å². The molecular weight excluding hydrogens is 188 g/mol. The summed E-state index contributed by atoms with van der Waals surface area (Å²) in [5, 5.41) is 0. The lowest BCUT2D eigenvalue weighted by Gasteiger charge is -2.15. The highest BCUT2D eigenvalue weighted by molar-refractivity contribution is 6.05. The van der Waals surface area contributed by atoms with E-state index >= 15 is 0 Å². The lowest BCUT2D eigenvalue weighted by molar-refractivity contribution is -0.119. The van der Waals surface area contributed by atoms with Crippen LogP contribution in [-0.2, 0) is 4.79 Å². The first-order valence-electron chi connectivity index (χ1n) is 5.24. The Hall–Kier alpha value is -1.35. The van der Waals surface area contributed by atoms with Crippen molar-refractivity contribution < 1.29 is 4.79 Å². The molecule has 0 aliphatic carbocycles. The predicted octanol–water partition coefficient (Wildman–Crippen LogP) is 1.67. The molecule has 0 saturated carbocycles. The molecule has 0 fully saturated rings. The third kappa shape index (κ3) is 1.35. The summed E-state index contributed by atoms with van der Waals surface area (Å²) >= 11 is 0. The van der Waals surface area contributed by atoms with Crippen LogP contribution >= 0.6 is 0 Å². The van der Waals surface area contributed by atoms with Gasteiger partial charge in [-0.2, -0.15) is 0 Å². The van der Waals surface area contributed by atoms with Crippen LogP contribution in [0.2, 0.25) is 0 Å². The van der Waals surface area contributed by atoms with Gasteiger partial charge in [0.2, 0.25) is 5.91 Å². The fourth-order valence-corrected chi connectivity index (χ4v) is 2.32. The molecule has 3 nitrogen and oxygen atoms in total. The smallest absolute Gasteiger partial charge is 0.248 e. The molecule has 80 valence electrons. The van der Waals surface area contributed by atoms with Gasteiger partial charge in [-0.3, -0.25) is 4.79 Å². The minimum atomic E-state index is -0.472. The average Bonchev–Trinajstić information content (AvgIpc) is 2.39. The lowest BCUT2D eigenvalue weighted by atomic mass is 10.0. The van der Waals surface area contributed by atoms with Crippen molar-refractivity contribution >= 4 is 11.6 Å². The molecule has 1 unspecified atom stereocenters. The summed E-state index contributed by atoms with van der Waals surface area (Å²) < 4.78 is 0. The molecule has 0 spiro atoms. The van der Waals surface area contributed by atoms with Gasteiger partial charge in [0.1, 0.15) is 6.04 Å². The van der Waals surface area contributed by atoms with Crippen LogP contribution in [0.1, 0.15) is 29.7 Å². The second kappa shape index (κ2) is 3.35. The van der Waals surface area contributed by atoms with Crippen molar-refractivity contribution in [3.63, 3.8) is 0 Å². The highest BCUT2D eigenvalue weighted by atomic mass is 16.2. The maximum Gasteiger partial charge on any atom is 0.248 e. The zero-order valence-electron chi connectivity index (χ0n) is 9.37. The van der Waals surface area contributed by atoms with Crippen LogP contribution in [0.3, 0.4) is 0 Å². The maximum atomic E-state index is 11.9. The summed E-state index contributed by atoms with van der Waals surface area (Å²) in [7, 11) is 0. The van der Waals surface area contributed by atoms with Gasteiger partial charge in [0.05, 0.1) is 0 Å². The molecule has 2 rings (SSSR count). The summed E-state index contributed by atoms with van der Waals surface area (Å²) in [4.78, 5) is 13.6. The second-order valence-electron chi connectivity index (χ2n) is 4.07. The van der Waals surface area contributed by atoms with Gasteiger partial charge in [0, 0.05) is 17.8 Å². The van der Waals surface area contributed by atoms with E-state index in [2.05, 4.69) is 6.07 Å². The maximum absolute atomic E-state index is 11.9. The molecular formula is C12H16N2O. The molecule has 0 bridgehead atoms. The van der Waals surface area contributed by atoms with Crippen LogP contribution < -0.4 is 10.6 Å². The van der Waals surface area contributed by atoms with Crippen molar-refractivity contribution in [3.05, 3.63) is 28.8 Å². The number of hydrogen-bond acceptors (Lipinski definition) is 2. The Balaban J connectivity index is 2.65. The van der Waals surface area contributed by atoms with Crippen molar-refractivity contribution in [2.75, 3.05) is 11.4 Å². The highest BCUT2D eigenvalue weighted by Gasteiger charge is 2.34. The van der Waals surface area contributed by atoms with Crippen LogP contribution in [0.4, 0.5) is 5.69 Å². The number of rotatable bonds is 1. The first-order valence-corrected chi connectivity index (χ1v) is 5.24. The molecule has 1 aliphatic rings. The molecule has 1 aromatic rings. The number of hydrogen-bond donors (Lipinski definition) is 1. The summed E-state index contributed by atoms with van der Waals surface area (Å²) in [6.07, 6.45) is 0. The van der Waals surface area contributed by atoms with E-state index in [1.807, 2.05) is 26.8 Å². The van der Waals surface area contributed by atoms with Crippen molar-refractivity contribution in [1.29, 1.82) is 0 Å². The van der Waals surface area contributed by atoms with E-state index in [1.54, 1.807) is 4.90 Å². The number of benzene rings is 1. The molecule has 15 heavy (non-hydrogen) atoms. The second-order valence-corrected chi connectivity index (χ2v) is 4.07. The molecule has 1 heterocycles. The van der Waals surface area contributed by atoms with Gasteiger partial charge in [-0.25, -0.2) is 0 Å². The van der Waals surface area contributed by atoms with Gasteiger partial charge in [-0.15, -0.1) is 0 Å². The van der Waals surface area contributed by atoms with Crippen molar-refractivity contribution in [2.45, 2.75) is 26.8 Å². The molecule has 0 saturated heterocycles. The zero-order chi connectivity index (χ0) is 11.2. The Morgan fingerprint density at radius 2 is 2.07 bits per heavy atom. The topological polar surface area (TPSA) is 46.3 Å². The number of amides is 1. The fraction of sp³-hybridized carbons (Fsp3) is 0.417. The van der Waals surface area contributed by atoms with Gasteiger partial charge < -0.3 is 10.6 Å².